The van der Waals surface area contributed by atoms with Gasteiger partial charge in [0.1, 0.15) is 40.7 Å². The van der Waals surface area contributed by atoms with Crippen molar-refractivity contribution >= 4 is 35.3 Å². The van der Waals surface area contributed by atoms with Crippen molar-refractivity contribution in [3.8, 4) is 5.75 Å². The summed E-state index contributed by atoms with van der Waals surface area (Å²) in [7, 11) is 6.38. The number of aliphatic hydroxyl groups is 1. The minimum Gasteiger partial charge on any atom is -0.495 e. The van der Waals surface area contributed by atoms with Gasteiger partial charge in [-0.3, -0.25) is 19.8 Å². The summed E-state index contributed by atoms with van der Waals surface area (Å²) in [6, 6.07) is 3.07. The Morgan fingerprint density at radius 1 is 1.30 bits per heavy atom. The van der Waals surface area contributed by atoms with Crippen molar-refractivity contribution in [3.05, 3.63) is 46.5 Å². The lowest BCUT2D eigenvalue weighted by molar-refractivity contribution is -0.158. The molecule has 4 bridgehead atoms. The number of benzene rings is 1. The van der Waals surface area contributed by atoms with E-state index >= 15 is 0 Å². The van der Waals surface area contributed by atoms with Crippen molar-refractivity contribution in [2.24, 2.45) is 5.92 Å². The van der Waals surface area contributed by atoms with Crippen LogP contribution in [0.1, 0.15) is 53.0 Å². The van der Waals surface area contributed by atoms with Crippen LogP contribution >= 0.6 is 11.6 Å². The van der Waals surface area contributed by atoms with Gasteiger partial charge in [0.15, 0.2) is 5.72 Å². The molecule has 3 heterocycles. The molecule has 8 atom stereocenters. The molecule has 1 aromatic carbocycles. The summed E-state index contributed by atoms with van der Waals surface area (Å²) >= 11 is 6.73. The normalized spacial score (nSPS) is 33.9. The highest BCUT2D eigenvalue weighted by Crippen LogP contribution is 2.49. The number of fused-ring (bicyclic) bond motifs is 5. The van der Waals surface area contributed by atoms with Crippen molar-refractivity contribution in [2.45, 2.75) is 95.7 Å². The van der Waals surface area contributed by atoms with Gasteiger partial charge in [0.05, 0.1) is 25.3 Å². The lowest BCUT2D eigenvalue weighted by Gasteiger charge is -2.42. The number of amides is 2. The Morgan fingerprint density at radius 2 is 2.00 bits per heavy atom. The van der Waals surface area contributed by atoms with E-state index in [-0.39, 0.29) is 23.8 Å². The maximum atomic E-state index is 14.0. The van der Waals surface area contributed by atoms with E-state index in [1.165, 1.54) is 19.1 Å². The molecule has 0 radical (unpaired) electrons. The largest absolute Gasteiger partial charge is 0.495 e. The fourth-order valence-electron chi connectivity index (χ4n) is 6.30. The van der Waals surface area contributed by atoms with Crippen LogP contribution in [0.15, 0.2) is 35.9 Å². The zero-order valence-electron chi connectivity index (χ0n) is 28.7. The number of anilines is 1. The van der Waals surface area contributed by atoms with Crippen LogP contribution in [0.2, 0.25) is 5.02 Å². The summed E-state index contributed by atoms with van der Waals surface area (Å²) in [5, 5.41) is 14.5. The Hall–Kier alpha value is -3.16. The average Bonchev–Trinajstić information content (AvgIpc) is 3.73. The van der Waals surface area contributed by atoms with Gasteiger partial charge in [0, 0.05) is 26.5 Å². The quantitative estimate of drug-likeness (QED) is 0.335. The summed E-state index contributed by atoms with van der Waals surface area (Å²) < 4.78 is 29.1. The third kappa shape index (κ3) is 7.78. The molecule has 4 rings (SSSR count). The molecule has 2 amide bonds. The van der Waals surface area contributed by atoms with Crippen molar-refractivity contribution < 1.29 is 43.2 Å². The number of nitrogens with zero attached hydrogens (tertiary/aromatic N) is 2. The van der Waals surface area contributed by atoms with Crippen LogP contribution in [0.3, 0.4) is 0 Å². The Morgan fingerprint density at radius 3 is 2.64 bits per heavy atom. The zero-order valence-corrected chi connectivity index (χ0v) is 29.4. The number of esters is 1. The molecule has 1 unspecified atom stereocenters. The lowest BCUT2D eigenvalue weighted by Crippen LogP contribution is -2.63. The van der Waals surface area contributed by atoms with E-state index in [1.807, 2.05) is 50.9 Å². The highest BCUT2D eigenvalue weighted by Gasteiger charge is 2.64. The number of epoxide rings is 1. The molecule has 0 saturated carbocycles. The summed E-state index contributed by atoms with van der Waals surface area (Å²) in [6.45, 7) is 9.84. The van der Waals surface area contributed by atoms with Gasteiger partial charge >= 0.3 is 12.1 Å². The monoisotopic (exact) mass is 677 g/mol. The van der Waals surface area contributed by atoms with Crippen LogP contribution < -0.4 is 15.0 Å². The first-order valence-electron chi connectivity index (χ1n) is 15.9. The lowest BCUT2D eigenvalue weighted by atomic mass is 9.83. The van der Waals surface area contributed by atoms with E-state index in [4.69, 9.17) is 35.3 Å². The van der Waals surface area contributed by atoms with Crippen LogP contribution in [0.25, 0.3) is 0 Å². The molecule has 2 N–H and O–H groups in total. The third-order valence-electron chi connectivity index (χ3n) is 9.71. The summed E-state index contributed by atoms with van der Waals surface area (Å²) in [6.07, 6.45) is 1.54. The molecule has 2 fully saturated rings. The Labute approximate surface area is 281 Å². The number of alkyl carbamates (subject to hydrolysis) is 1. The number of methoxy groups -OCH3 is 2. The number of allylic oxidation sites excluding steroid dienone is 3. The van der Waals surface area contributed by atoms with Gasteiger partial charge in [-0.2, -0.15) is 0 Å². The van der Waals surface area contributed by atoms with Crippen LogP contribution in [0.5, 0.6) is 5.75 Å². The Bertz CT molecular complexity index is 1420. The number of nitrogens with one attached hydrogen (secondary N) is 1. The molecule has 1 aromatic rings. The van der Waals surface area contributed by atoms with Gasteiger partial charge in [-0.05, 0) is 58.5 Å². The number of likely N-dealkylation sites (N-methyl/N-ethyl adjacent to an activating group) is 1. The van der Waals surface area contributed by atoms with E-state index in [2.05, 4.69) is 5.32 Å². The standard InChI is InChI=1S/C34H48ClN3O9/c1-10-37(6)21(4)31(40)46-27-17-28(39)38(7)23-15-22(16-24(43-8)29(23)35)14-19(2)12-11-13-26(44-9)34(42)18-25(45-32(41)36-34)20(3)30-33(27,5)47-30/h11-13,15-16,20-21,25-27,30,42H,10,14,17-18H2,1-9H3,(H,36,41)/b13-11+,19-12+/t20-,21+,25+,26-,27+,30?,33+,34+/m1/s1. The fraction of sp³-hybridized carbons (Fsp3) is 0.618. The molecule has 2 saturated heterocycles. The van der Waals surface area contributed by atoms with E-state index in [0.717, 1.165) is 11.1 Å². The summed E-state index contributed by atoms with van der Waals surface area (Å²) in [5.41, 5.74) is -0.640. The number of carbonyl (C=O) groups excluding carboxylic acids is 3. The molecule has 3 aliphatic rings. The molecule has 13 heteroatoms. The minimum atomic E-state index is -1.78. The molecular weight excluding hydrogens is 630 g/mol. The average molecular weight is 678 g/mol. The highest BCUT2D eigenvalue weighted by atomic mass is 35.5. The van der Waals surface area contributed by atoms with Crippen molar-refractivity contribution in [1.29, 1.82) is 0 Å². The molecule has 0 aliphatic carbocycles. The molecule has 0 aromatic heterocycles. The second-order valence-corrected chi connectivity index (χ2v) is 13.4. The summed E-state index contributed by atoms with van der Waals surface area (Å²) in [4.78, 5) is 43.4. The van der Waals surface area contributed by atoms with Gasteiger partial charge in [-0.15, -0.1) is 0 Å². The smallest absolute Gasteiger partial charge is 0.409 e. The number of rotatable bonds is 6. The van der Waals surface area contributed by atoms with E-state index < -0.39 is 59.8 Å². The van der Waals surface area contributed by atoms with Crippen molar-refractivity contribution in [1.82, 2.24) is 10.2 Å². The SMILES string of the molecule is CCN(C)[C@@H](C)C(=O)O[C@H]1CC(=O)N(C)c2cc(cc(OC)c2Cl)C/C(C)=C/C=C/[C@@H](OC)[C@@]2(O)C[C@H](OC(=O)N2)[C@@H](C)C2O[C@]21C. The van der Waals surface area contributed by atoms with Gasteiger partial charge in [0.25, 0.3) is 0 Å². The molecular formula is C34H48ClN3O9. The topological polar surface area (TPSA) is 139 Å². The van der Waals surface area contributed by atoms with Crippen LogP contribution in [-0.2, 0) is 35.0 Å². The van der Waals surface area contributed by atoms with Crippen molar-refractivity contribution in [2.75, 3.05) is 39.8 Å². The van der Waals surface area contributed by atoms with Crippen molar-refractivity contribution in [3.63, 3.8) is 0 Å². The molecule has 0 spiro atoms. The Kier molecular flexibility index (Phi) is 11.3. The second-order valence-electron chi connectivity index (χ2n) is 13.0. The maximum absolute atomic E-state index is 14.0. The number of ether oxygens (including phenoxy) is 5. The van der Waals surface area contributed by atoms with Gasteiger partial charge in [-0.1, -0.05) is 49.2 Å². The Balaban J connectivity index is 1.79. The highest BCUT2D eigenvalue weighted by molar-refractivity contribution is 6.35. The summed E-state index contributed by atoms with van der Waals surface area (Å²) in [5.74, 6) is -0.910. The zero-order chi connectivity index (χ0) is 34.8. The minimum absolute atomic E-state index is 0.00400. The molecule has 12 nitrogen and oxygen atoms in total. The van der Waals surface area contributed by atoms with E-state index in [1.54, 1.807) is 33.0 Å². The number of hydrogen-bond donors (Lipinski definition) is 2. The maximum Gasteiger partial charge on any atom is 0.409 e. The first kappa shape index (κ1) is 36.7. The molecule has 47 heavy (non-hydrogen) atoms. The molecule has 260 valence electrons. The first-order chi connectivity index (χ1) is 22.1. The molecule has 3 aliphatic heterocycles. The van der Waals surface area contributed by atoms with Crippen LogP contribution in [0, 0.1) is 5.92 Å². The van der Waals surface area contributed by atoms with Gasteiger partial charge < -0.3 is 33.7 Å². The predicted molar refractivity (Wildman–Crippen MR) is 176 cm³/mol. The van der Waals surface area contributed by atoms with E-state index in [0.29, 0.717) is 24.4 Å². The number of carbonyl (C=O) groups is 3. The second kappa shape index (κ2) is 14.5. The van der Waals surface area contributed by atoms with Crippen LogP contribution in [-0.4, -0.2) is 105 Å². The first-order valence-corrected chi connectivity index (χ1v) is 16.3. The number of halogens is 1. The predicted octanol–water partition coefficient (Wildman–Crippen LogP) is 4.01. The fourth-order valence-corrected chi connectivity index (χ4v) is 6.61. The number of hydrogen-bond acceptors (Lipinski definition) is 10. The van der Waals surface area contributed by atoms with Gasteiger partial charge in [-0.25, -0.2) is 4.79 Å². The third-order valence-corrected chi connectivity index (χ3v) is 10.1. The van der Waals surface area contributed by atoms with E-state index in [9.17, 15) is 19.5 Å². The van der Waals surface area contributed by atoms with Crippen LogP contribution in [0.4, 0.5) is 10.5 Å². The van der Waals surface area contributed by atoms with Gasteiger partial charge in [0.2, 0.25) is 5.91 Å².